The van der Waals surface area contributed by atoms with Crippen LogP contribution in [-0.4, -0.2) is 53.0 Å². The van der Waals surface area contributed by atoms with E-state index in [4.69, 9.17) is 4.74 Å². The van der Waals surface area contributed by atoms with Gasteiger partial charge in [0.15, 0.2) is 5.78 Å². The second-order valence-electron chi connectivity index (χ2n) is 7.09. The SMILES string of the molecule is CC(C)(C)OC(=O)N1CCCC[C@H]1CNCC(=O)c1ccccn1. The molecule has 1 amide bonds. The number of ketones is 1. The number of Topliss-reactive ketones (excluding diaryl/α,β-unsaturated/α-hetero) is 1. The highest BCUT2D eigenvalue weighted by Gasteiger charge is 2.30. The molecule has 6 nitrogen and oxygen atoms in total. The van der Waals surface area contributed by atoms with Crippen molar-refractivity contribution < 1.29 is 14.3 Å². The lowest BCUT2D eigenvalue weighted by Gasteiger charge is -2.36. The van der Waals surface area contributed by atoms with Gasteiger partial charge in [0.1, 0.15) is 11.3 Å². The van der Waals surface area contributed by atoms with Crippen LogP contribution in [0.2, 0.25) is 0 Å². The second-order valence-corrected chi connectivity index (χ2v) is 7.09. The van der Waals surface area contributed by atoms with Crippen molar-refractivity contribution in [3.63, 3.8) is 0 Å². The van der Waals surface area contributed by atoms with E-state index in [2.05, 4.69) is 10.3 Å². The van der Waals surface area contributed by atoms with Gasteiger partial charge in [-0.3, -0.25) is 9.78 Å². The maximum Gasteiger partial charge on any atom is 0.410 e. The summed E-state index contributed by atoms with van der Waals surface area (Å²) < 4.78 is 5.49. The van der Waals surface area contributed by atoms with Crippen LogP contribution in [0.3, 0.4) is 0 Å². The number of piperidine rings is 1. The van der Waals surface area contributed by atoms with E-state index in [0.717, 1.165) is 19.3 Å². The van der Waals surface area contributed by atoms with E-state index in [-0.39, 0.29) is 24.5 Å². The predicted octanol–water partition coefficient (Wildman–Crippen LogP) is 2.64. The van der Waals surface area contributed by atoms with Gasteiger partial charge in [0.05, 0.1) is 6.54 Å². The largest absolute Gasteiger partial charge is 0.444 e. The van der Waals surface area contributed by atoms with E-state index < -0.39 is 5.60 Å². The number of carbonyl (C=O) groups is 2. The first-order chi connectivity index (χ1) is 11.4. The summed E-state index contributed by atoms with van der Waals surface area (Å²) in [4.78, 5) is 30.2. The van der Waals surface area contributed by atoms with E-state index in [1.807, 2.05) is 20.8 Å². The van der Waals surface area contributed by atoms with Gasteiger partial charge in [0.25, 0.3) is 0 Å². The molecule has 1 aromatic heterocycles. The lowest BCUT2D eigenvalue weighted by molar-refractivity contribution is 0.0101. The van der Waals surface area contributed by atoms with Gasteiger partial charge in [-0.2, -0.15) is 0 Å². The third kappa shape index (κ3) is 5.60. The smallest absolute Gasteiger partial charge is 0.410 e. The molecule has 2 rings (SSSR count). The van der Waals surface area contributed by atoms with Gasteiger partial charge in [0.2, 0.25) is 0 Å². The van der Waals surface area contributed by atoms with Crippen molar-refractivity contribution in [2.75, 3.05) is 19.6 Å². The molecule has 0 aromatic carbocycles. The Kier molecular flexibility index (Phi) is 6.31. The van der Waals surface area contributed by atoms with Crippen LogP contribution in [0.15, 0.2) is 24.4 Å². The number of likely N-dealkylation sites (tertiary alicyclic amines) is 1. The molecular formula is C18H27N3O3. The quantitative estimate of drug-likeness (QED) is 0.839. The maximum absolute atomic E-state index is 12.3. The zero-order valence-corrected chi connectivity index (χ0v) is 14.7. The molecule has 1 aliphatic rings. The second kappa shape index (κ2) is 8.24. The standard InChI is InChI=1S/C18H27N3O3/c1-18(2,3)24-17(23)21-11-7-5-8-14(21)12-19-13-16(22)15-9-4-6-10-20-15/h4,6,9-10,14,19H,5,7-8,11-13H2,1-3H3/t14-/m0/s1. The van der Waals surface area contributed by atoms with Crippen molar-refractivity contribution in [1.82, 2.24) is 15.2 Å². The van der Waals surface area contributed by atoms with Crippen LogP contribution in [0.1, 0.15) is 50.5 Å². The topological polar surface area (TPSA) is 71.5 Å². The minimum atomic E-state index is -0.499. The molecule has 1 aliphatic heterocycles. The van der Waals surface area contributed by atoms with Crippen LogP contribution in [-0.2, 0) is 4.74 Å². The number of nitrogens with zero attached hydrogens (tertiary/aromatic N) is 2. The lowest BCUT2D eigenvalue weighted by Crippen LogP contribution is -2.50. The van der Waals surface area contributed by atoms with Crippen LogP contribution in [0, 0.1) is 0 Å². The maximum atomic E-state index is 12.3. The Bertz CT molecular complexity index is 554. The number of pyridine rings is 1. The highest BCUT2D eigenvalue weighted by molar-refractivity contribution is 5.95. The predicted molar refractivity (Wildman–Crippen MR) is 92.0 cm³/mol. The third-order valence-corrected chi connectivity index (χ3v) is 3.87. The van der Waals surface area contributed by atoms with E-state index >= 15 is 0 Å². The average molecular weight is 333 g/mol. The first kappa shape index (κ1) is 18.4. The molecule has 0 radical (unpaired) electrons. The van der Waals surface area contributed by atoms with Crippen molar-refractivity contribution >= 4 is 11.9 Å². The molecule has 0 unspecified atom stereocenters. The summed E-state index contributed by atoms with van der Waals surface area (Å²) in [5.74, 6) is -0.0461. The van der Waals surface area contributed by atoms with Gasteiger partial charge in [-0.05, 0) is 52.2 Å². The lowest BCUT2D eigenvalue weighted by atomic mass is 10.0. The fourth-order valence-electron chi connectivity index (χ4n) is 2.74. The number of nitrogens with one attached hydrogen (secondary N) is 1. The van der Waals surface area contributed by atoms with Crippen molar-refractivity contribution in [3.8, 4) is 0 Å². The van der Waals surface area contributed by atoms with E-state index in [0.29, 0.717) is 18.8 Å². The molecule has 1 aromatic rings. The number of ether oxygens (including phenoxy) is 1. The summed E-state index contributed by atoms with van der Waals surface area (Å²) in [6.45, 7) is 7.11. The summed E-state index contributed by atoms with van der Waals surface area (Å²) >= 11 is 0. The molecule has 24 heavy (non-hydrogen) atoms. The first-order valence-electron chi connectivity index (χ1n) is 8.51. The van der Waals surface area contributed by atoms with Gasteiger partial charge < -0.3 is 15.0 Å². The number of rotatable bonds is 5. The highest BCUT2D eigenvalue weighted by atomic mass is 16.6. The molecule has 1 N–H and O–H groups in total. The normalized spacial score (nSPS) is 18.3. The van der Waals surface area contributed by atoms with Crippen molar-refractivity contribution in [2.24, 2.45) is 0 Å². The summed E-state index contributed by atoms with van der Waals surface area (Å²) in [6.07, 6.45) is 4.33. The monoisotopic (exact) mass is 333 g/mol. The summed E-state index contributed by atoms with van der Waals surface area (Å²) in [7, 11) is 0. The fraction of sp³-hybridized carbons (Fsp3) is 0.611. The van der Waals surface area contributed by atoms with Gasteiger partial charge in [-0.1, -0.05) is 6.07 Å². The summed E-state index contributed by atoms with van der Waals surface area (Å²) in [6, 6.07) is 5.35. The Morgan fingerprint density at radius 1 is 1.33 bits per heavy atom. The Labute approximate surface area is 143 Å². The Balaban J connectivity index is 1.85. The molecule has 0 saturated carbocycles. The molecule has 0 aliphatic carbocycles. The fourth-order valence-corrected chi connectivity index (χ4v) is 2.74. The molecule has 0 spiro atoms. The minimum Gasteiger partial charge on any atom is -0.444 e. The first-order valence-corrected chi connectivity index (χ1v) is 8.51. The molecule has 6 heteroatoms. The van der Waals surface area contributed by atoms with Gasteiger partial charge in [0, 0.05) is 25.3 Å². The van der Waals surface area contributed by atoms with Crippen LogP contribution in [0.4, 0.5) is 4.79 Å². The van der Waals surface area contributed by atoms with Crippen LogP contribution < -0.4 is 5.32 Å². The molecular weight excluding hydrogens is 306 g/mol. The zero-order valence-electron chi connectivity index (χ0n) is 14.7. The van der Waals surface area contributed by atoms with E-state index in [1.54, 1.807) is 29.3 Å². The van der Waals surface area contributed by atoms with Gasteiger partial charge in [-0.25, -0.2) is 4.79 Å². The van der Waals surface area contributed by atoms with E-state index in [1.165, 1.54) is 0 Å². The molecule has 1 saturated heterocycles. The Hall–Kier alpha value is -1.95. The minimum absolute atomic E-state index is 0.0461. The Morgan fingerprint density at radius 2 is 2.12 bits per heavy atom. The molecule has 1 fully saturated rings. The van der Waals surface area contributed by atoms with E-state index in [9.17, 15) is 9.59 Å². The molecule has 2 heterocycles. The molecule has 0 bridgehead atoms. The number of amides is 1. The molecule has 132 valence electrons. The Morgan fingerprint density at radius 3 is 2.79 bits per heavy atom. The third-order valence-electron chi connectivity index (χ3n) is 3.87. The highest BCUT2D eigenvalue weighted by Crippen LogP contribution is 2.20. The molecule has 1 atom stereocenters. The van der Waals surface area contributed by atoms with Crippen molar-refractivity contribution in [1.29, 1.82) is 0 Å². The summed E-state index contributed by atoms with van der Waals surface area (Å²) in [5.41, 5.74) is -0.0424. The van der Waals surface area contributed by atoms with Gasteiger partial charge in [-0.15, -0.1) is 0 Å². The number of carbonyl (C=O) groups excluding carboxylic acids is 2. The number of hydrogen-bond donors (Lipinski definition) is 1. The van der Waals surface area contributed by atoms with Gasteiger partial charge >= 0.3 is 6.09 Å². The van der Waals surface area contributed by atoms with Crippen LogP contribution in [0.5, 0.6) is 0 Å². The summed E-state index contributed by atoms with van der Waals surface area (Å²) in [5, 5.41) is 3.16. The zero-order chi connectivity index (χ0) is 17.6. The van der Waals surface area contributed by atoms with Crippen molar-refractivity contribution in [2.45, 2.75) is 51.7 Å². The number of aromatic nitrogens is 1. The van der Waals surface area contributed by atoms with Crippen molar-refractivity contribution in [3.05, 3.63) is 30.1 Å². The average Bonchev–Trinajstić information content (AvgIpc) is 2.54. The van der Waals surface area contributed by atoms with Crippen LogP contribution >= 0.6 is 0 Å². The van der Waals surface area contributed by atoms with Crippen LogP contribution in [0.25, 0.3) is 0 Å². The number of hydrogen-bond acceptors (Lipinski definition) is 5.